The minimum atomic E-state index is -0.161. The third-order valence-electron chi connectivity index (χ3n) is 3.25. The molecule has 0 aliphatic heterocycles. The minimum Gasteiger partial charge on any atom is -0.352 e. The van der Waals surface area contributed by atoms with Gasteiger partial charge in [-0.3, -0.25) is 10.1 Å². The molecule has 0 radical (unpaired) electrons. The number of thiophene rings is 1. The normalized spacial score (nSPS) is 15.8. The molecule has 0 aliphatic rings. The van der Waals surface area contributed by atoms with Gasteiger partial charge in [0.15, 0.2) is 0 Å². The van der Waals surface area contributed by atoms with E-state index < -0.39 is 0 Å². The molecule has 1 amide bonds. The topological polar surface area (TPSA) is 41.1 Å². The van der Waals surface area contributed by atoms with Crippen LogP contribution in [0.15, 0.2) is 17.5 Å². The fraction of sp³-hybridized carbons (Fsp3) is 0.667. The Bertz CT molecular complexity index is 364. The van der Waals surface area contributed by atoms with Gasteiger partial charge in [-0.15, -0.1) is 11.3 Å². The predicted molar refractivity (Wildman–Crippen MR) is 82.5 cm³/mol. The van der Waals surface area contributed by atoms with E-state index in [0.717, 1.165) is 19.3 Å². The zero-order valence-electron chi connectivity index (χ0n) is 12.4. The molecular formula is C15H26N2OS. The summed E-state index contributed by atoms with van der Waals surface area (Å²) in [7, 11) is 0. The van der Waals surface area contributed by atoms with E-state index in [1.165, 1.54) is 4.88 Å². The molecule has 1 heterocycles. The molecule has 1 aromatic rings. The Morgan fingerprint density at radius 3 is 2.63 bits per heavy atom. The van der Waals surface area contributed by atoms with Crippen molar-refractivity contribution in [3.05, 3.63) is 22.4 Å². The molecule has 3 atom stereocenters. The second-order valence-corrected chi connectivity index (χ2v) is 6.04. The summed E-state index contributed by atoms with van der Waals surface area (Å²) >= 11 is 1.74. The summed E-state index contributed by atoms with van der Waals surface area (Å²) in [5.41, 5.74) is 0. The second-order valence-electron chi connectivity index (χ2n) is 5.06. The first-order chi connectivity index (χ1) is 9.08. The highest BCUT2D eigenvalue weighted by Crippen LogP contribution is 2.22. The molecule has 0 bridgehead atoms. The van der Waals surface area contributed by atoms with E-state index in [0.29, 0.717) is 0 Å². The van der Waals surface area contributed by atoms with Crippen molar-refractivity contribution >= 4 is 17.2 Å². The number of rotatable bonds is 8. The third kappa shape index (κ3) is 5.33. The fourth-order valence-electron chi connectivity index (χ4n) is 2.14. The van der Waals surface area contributed by atoms with Crippen molar-refractivity contribution in [3.8, 4) is 0 Å². The molecule has 108 valence electrons. The summed E-state index contributed by atoms with van der Waals surface area (Å²) in [6.07, 6.45) is 3.11. The average molecular weight is 282 g/mol. The van der Waals surface area contributed by atoms with Crippen molar-refractivity contribution in [1.29, 1.82) is 0 Å². The SMILES string of the molecule is CCCC(C)NC(=O)C(C)NC(CC)c1cccs1. The largest absolute Gasteiger partial charge is 0.352 e. The van der Waals surface area contributed by atoms with Crippen LogP contribution in [-0.2, 0) is 4.79 Å². The van der Waals surface area contributed by atoms with Crippen LogP contribution in [0, 0.1) is 0 Å². The predicted octanol–water partition coefficient (Wildman–Crippen LogP) is 3.48. The van der Waals surface area contributed by atoms with Crippen molar-refractivity contribution in [2.45, 2.75) is 65.1 Å². The zero-order valence-corrected chi connectivity index (χ0v) is 13.2. The molecule has 19 heavy (non-hydrogen) atoms. The summed E-state index contributed by atoms with van der Waals surface area (Å²) in [5.74, 6) is 0.0935. The quantitative estimate of drug-likeness (QED) is 0.766. The van der Waals surface area contributed by atoms with Gasteiger partial charge in [-0.2, -0.15) is 0 Å². The summed E-state index contributed by atoms with van der Waals surface area (Å²) in [4.78, 5) is 13.4. The fourth-order valence-corrected chi connectivity index (χ4v) is 3.01. The molecule has 3 unspecified atom stereocenters. The average Bonchev–Trinajstić information content (AvgIpc) is 2.89. The van der Waals surface area contributed by atoms with Crippen LogP contribution in [0.3, 0.4) is 0 Å². The highest BCUT2D eigenvalue weighted by atomic mass is 32.1. The molecule has 3 nitrogen and oxygen atoms in total. The highest BCUT2D eigenvalue weighted by molar-refractivity contribution is 7.10. The second kappa shape index (κ2) is 8.33. The summed E-state index contributed by atoms with van der Waals surface area (Å²) in [6, 6.07) is 4.53. The Morgan fingerprint density at radius 2 is 2.11 bits per heavy atom. The molecule has 4 heteroatoms. The Hall–Kier alpha value is -0.870. The van der Waals surface area contributed by atoms with Crippen molar-refractivity contribution < 1.29 is 4.79 Å². The summed E-state index contributed by atoms with van der Waals surface area (Å²) in [6.45, 7) is 8.27. The number of hydrogen-bond acceptors (Lipinski definition) is 3. The van der Waals surface area contributed by atoms with Crippen LogP contribution in [0.4, 0.5) is 0 Å². The van der Waals surface area contributed by atoms with Crippen molar-refractivity contribution in [1.82, 2.24) is 10.6 Å². The van der Waals surface area contributed by atoms with Gasteiger partial charge in [0.1, 0.15) is 0 Å². The third-order valence-corrected chi connectivity index (χ3v) is 4.24. The van der Waals surface area contributed by atoms with E-state index in [2.05, 4.69) is 48.9 Å². The maximum absolute atomic E-state index is 12.1. The van der Waals surface area contributed by atoms with E-state index in [9.17, 15) is 4.79 Å². The van der Waals surface area contributed by atoms with Crippen LogP contribution >= 0.6 is 11.3 Å². The van der Waals surface area contributed by atoms with Gasteiger partial charge in [0.05, 0.1) is 6.04 Å². The Balaban J connectivity index is 2.48. The van der Waals surface area contributed by atoms with Gasteiger partial charge in [0.25, 0.3) is 0 Å². The number of hydrogen-bond donors (Lipinski definition) is 2. The van der Waals surface area contributed by atoms with Crippen LogP contribution in [-0.4, -0.2) is 18.0 Å². The zero-order chi connectivity index (χ0) is 14.3. The smallest absolute Gasteiger partial charge is 0.237 e. The van der Waals surface area contributed by atoms with E-state index in [4.69, 9.17) is 0 Å². The standard InChI is InChI=1S/C15H26N2OS/c1-5-8-11(3)16-15(18)12(4)17-13(6-2)14-9-7-10-19-14/h7,9-13,17H,5-6,8H2,1-4H3,(H,16,18). The lowest BCUT2D eigenvalue weighted by Gasteiger charge is -2.22. The van der Waals surface area contributed by atoms with Crippen LogP contribution < -0.4 is 10.6 Å². The first-order valence-electron chi connectivity index (χ1n) is 7.18. The molecule has 0 fully saturated rings. The minimum absolute atomic E-state index is 0.0935. The first-order valence-corrected chi connectivity index (χ1v) is 8.06. The number of carbonyl (C=O) groups is 1. The van der Waals surface area contributed by atoms with Gasteiger partial charge >= 0.3 is 0 Å². The first kappa shape index (κ1) is 16.2. The number of nitrogens with one attached hydrogen (secondary N) is 2. The van der Waals surface area contributed by atoms with Crippen molar-refractivity contribution in [2.24, 2.45) is 0 Å². The lowest BCUT2D eigenvalue weighted by molar-refractivity contribution is -0.123. The molecule has 0 saturated carbocycles. The molecule has 1 aromatic heterocycles. The summed E-state index contributed by atoms with van der Waals surface area (Å²) < 4.78 is 0. The Morgan fingerprint density at radius 1 is 1.37 bits per heavy atom. The van der Waals surface area contributed by atoms with E-state index >= 15 is 0 Å². The molecule has 0 spiro atoms. The molecule has 0 aliphatic carbocycles. The maximum Gasteiger partial charge on any atom is 0.237 e. The lowest BCUT2D eigenvalue weighted by Crippen LogP contribution is -2.46. The molecule has 0 aromatic carbocycles. The molecular weight excluding hydrogens is 256 g/mol. The maximum atomic E-state index is 12.1. The van der Waals surface area contributed by atoms with Gasteiger partial charge in [-0.1, -0.05) is 26.3 Å². The van der Waals surface area contributed by atoms with E-state index in [1.54, 1.807) is 11.3 Å². The van der Waals surface area contributed by atoms with Crippen LogP contribution in [0.2, 0.25) is 0 Å². The molecule has 0 saturated heterocycles. The van der Waals surface area contributed by atoms with Crippen LogP contribution in [0.1, 0.15) is 57.9 Å². The van der Waals surface area contributed by atoms with Crippen molar-refractivity contribution in [3.63, 3.8) is 0 Å². The van der Waals surface area contributed by atoms with Crippen LogP contribution in [0.5, 0.6) is 0 Å². The lowest BCUT2D eigenvalue weighted by atomic mass is 10.1. The van der Waals surface area contributed by atoms with Crippen molar-refractivity contribution in [2.75, 3.05) is 0 Å². The molecule has 2 N–H and O–H groups in total. The van der Waals surface area contributed by atoms with Crippen LogP contribution in [0.25, 0.3) is 0 Å². The number of amides is 1. The van der Waals surface area contributed by atoms with E-state index in [-0.39, 0.29) is 24.0 Å². The Labute approximate surface area is 120 Å². The van der Waals surface area contributed by atoms with E-state index in [1.807, 2.05) is 6.92 Å². The monoisotopic (exact) mass is 282 g/mol. The number of carbonyl (C=O) groups excluding carboxylic acids is 1. The van der Waals surface area contributed by atoms with Gasteiger partial charge < -0.3 is 5.32 Å². The van der Waals surface area contributed by atoms with Gasteiger partial charge in [0, 0.05) is 17.0 Å². The molecule has 1 rings (SSSR count). The van der Waals surface area contributed by atoms with Gasteiger partial charge in [-0.25, -0.2) is 0 Å². The highest BCUT2D eigenvalue weighted by Gasteiger charge is 2.19. The van der Waals surface area contributed by atoms with Gasteiger partial charge in [-0.05, 0) is 38.1 Å². The Kier molecular flexibility index (Phi) is 7.10. The van der Waals surface area contributed by atoms with Gasteiger partial charge in [0.2, 0.25) is 5.91 Å². The summed E-state index contributed by atoms with van der Waals surface area (Å²) in [5, 5.41) is 8.55.